The van der Waals surface area contributed by atoms with Crippen molar-refractivity contribution in [3.05, 3.63) is 82.9 Å². The molecule has 148 valence electrons. The maximum atomic E-state index is 12.5. The maximum Gasteiger partial charge on any atom is 0.271 e. The number of hydrogen-bond donors (Lipinski definition) is 1. The Morgan fingerprint density at radius 2 is 1.66 bits per heavy atom. The zero-order chi connectivity index (χ0) is 20.8. The molecule has 1 N–H and O–H groups in total. The van der Waals surface area contributed by atoms with Gasteiger partial charge in [0.1, 0.15) is 11.5 Å². The van der Waals surface area contributed by atoms with E-state index >= 15 is 0 Å². The fourth-order valence-corrected chi connectivity index (χ4v) is 2.76. The van der Waals surface area contributed by atoms with Gasteiger partial charge in [0.2, 0.25) is 0 Å². The van der Waals surface area contributed by atoms with Crippen molar-refractivity contribution in [3.63, 3.8) is 0 Å². The second kappa shape index (κ2) is 8.88. The van der Waals surface area contributed by atoms with Gasteiger partial charge in [0.15, 0.2) is 6.10 Å². The number of nitrogens with one attached hydrogen (secondary N) is 1. The quantitative estimate of drug-likeness (QED) is 0.466. The molecule has 0 aliphatic rings. The third-order valence-electron chi connectivity index (χ3n) is 4.30. The third kappa shape index (κ3) is 4.90. The fourth-order valence-electron chi connectivity index (χ4n) is 2.76. The van der Waals surface area contributed by atoms with Crippen LogP contribution in [0.1, 0.15) is 6.92 Å². The number of rotatable bonds is 7. The van der Waals surface area contributed by atoms with E-state index in [0.717, 1.165) is 11.1 Å². The Bertz CT molecular complexity index is 1000. The van der Waals surface area contributed by atoms with Gasteiger partial charge in [0, 0.05) is 12.1 Å². The molecule has 0 fully saturated rings. The van der Waals surface area contributed by atoms with Crippen molar-refractivity contribution < 1.29 is 19.2 Å². The van der Waals surface area contributed by atoms with Crippen molar-refractivity contribution in [2.45, 2.75) is 13.0 Å². The molecule has 3 aromatic carbocycles. The van der Waals surface area contributed by atoms with E-state index in [9.17, 15) is 14.9 Å². The van der Waals surface area contributed by atoms with Gasteiger partial charge in [-0.05, 0) is 36.2 Å². The molecule has 0 aliphatic carbocycles. The minimum absolute atomic E-state index is 0.147. The molecule has 0 heterocycles. The summed E-state index contributed by atoms with van der Waals surface area (Å²) in [5.74, 6) is 0.414. The monoisotopic (exact) mass is 392 g/mol. The van der Waals surface area contributed by atoms with Crippen LogP contribution in [0, 0.1) is 10.1 Å². The number of nitro benzene ring substituents is 1. The minimum Gasteiger partial charge on any atom is -0.495 e. The number of amides is 1. The average Bonchev–Trinajstić information content (AvgIpc) is 2.74. The number of carbonyl (C=O) groups is 1. The Hall–Kier alpha value is -3.87. The minimum atomic E-state index is -0.818. The van der Waals surface area contributed by atoms with Crippen LogP contribution in [0.2, 0.25) is 0 Å². The molecule has 1 atom stereocenters. The van der Waals surface area contributed by atoms with Gasteiger partial charge in [0.25, 0.3) is 11.6 Å². The molecule has 3 rings (SSSR count). The molecular formula is C22H20N2O5. The molecule has 0 aromatic heterocycles. The van der Waals surface area contributed by atoms with Crippen LogP contribution in [-0.2, 0) is 4.79 Å². The van der Waals surface area contributed by atoms with Gasteiger partial charge in [0.05, 0.1) is 17.7 Å². The lowest BCUT2D eigenvalue weighted by Crippen LogP contribution is -2.30. The SMILES string of the molecule is COc1ccc([N+](=O)[O-])cc1NC(=O)C(C)Oc1ccc(-c2ccccc2)cc1. The Kier molecular flexibility index (Phi) is 6.09. The van der Waals surface area contributed by atoms with E-state index < -0.39 is 16.9 Å². The van der Waals surface area contributed by atoms with Gasteiger partial charge >= 0.3 is 0 Å². The number of hydrogen-bond acceptors (Lipinski definition) is 5. The highest BCUT2D eigenvalue weighted by Gasteiger charge is 2.19. The summed E-state index contributed by atoms with van der Waals surface area (Å²) < 4.78 is 10.9. The van der Waals surface area contributed by atoms with Crippen LogP contribution in [0.5, 0.6) is 11.5 Å². The summed E-state index contributed by atoms with van der Waals surface area (Å²) in [4.78, 5) is 22.9. The molecule has 0 aliphatic heterocycles. The number of nitro groups is 1. The van der Waals surface area contributed by atoms with Crippen molar-refractivity contribution >= 4 is 17.3 Å². The smallest absolute Gasteiger partial charge is 0.271 e. The van der Waals surface area contributed by atoms with Crippen LogP contribution in [0.3, 0.4) is 0 Å². The molecule has 7 nitrogen and oxygen atoms in total. The van der Waals surface area contributed by atoms with Gasteiger partial charge in [-0.3, -0.25) is 14.9 Å². The predicted octanol–water partition coefficient (Wildman–Crippen LogP) is 4.68. The van der Waals surface area contributed by atoms with E-state index in [0.29, 0.717) is 11.5 Å². The number of non-ortho nitro benzene ring substituents is 1. The molecule has 1 unspecified atom stereocenters. The summed E-state index contributed by atoms with van der Waals surface area (Å²) in [7, 11) is 1.42. The molecule has 0 radical (unpaired) electrons. The average molecular weight is 392 g/mol. The van der Waals surface area contributed by atoms with Gasteiger partial charge in [-0.15, -0.1) is 0 Å². The van der Waals surface area contributed by atoms with Crippen molar-refractivity contribution in [2.75, 3.05) is 12.4 Å². The summed E-state index contributed by atoms with van der Waals surface area (Å²) in [6.07, 6.45) is -0.818. The summed E-state index contributed by atoms with van der Waals surface area (Å²) in [5, 5.41) is 13.6. The predicted molar refractivity (Wildman–Crippen MR) is 110 cm³/mol. The number of methoxy groups -OCH3 is 1. The van der Waals surface area contributed by atoms with Crippen LogP contribution in [-0.4, -0.2) is 24.0 Å². The summed E-state index contributed by atoms with van der Waals surface area (Å²) >= 11 is 0. The first-order valence-electron chi connectivity index (χ1n) is 8.93. The van der Waals surface area contributed by atoms with E-state index in [1.54, 1.807) is 19.1 Å². The largest absolute Gasteiger partial charge is 0.495 e. The number of anilines is 1. The van der Waals surface area contributed by atoms with Gasteiger partial charge < -0.3 is 14.8 Å². The topological polar surface area (TPSA) is 90.7 Å². The molecule has 3 aromatic rings. The van der Waals surface area contributed by atoms with Gasteiger partial charge in [-0.25, -0.2) is 0 Å². The van der Waals surface area contributed by atoms with E-state index in [-0.39, 0.29) is 11.4 Å². The zero-order valence-corrected chi connectivity index (χ0v) is 16.0. The molecule has 1 amide bonds. The van der Waals surface area contributed by atoms with Crippen LogP contribution >= 0.6 is 0 Å². The van der Waals surface area contributed by atoms with Gasteiger partial charge in [-0.1, -0.05) is 42.5 Å². The van der Waals surface area contributed by atoms with Crippen LogP contribution in [0.4, 0.5) is 11.4 Å². The Morgan fingerprint density at radius 3 is 2.28 bits per heavy atom. The summed E-state index contributed by atoms with van der Waals surface area (Å²) in [6.45, 7) is 1.60. The number of ether oxygens (including phenoxy) is 2. The number of carbonyl (C=O) groups excluding carboxylic acids is 1. The van der Waals surface area contributed by atoms with Crippen molar-refractivity contribution in [1.82, 2.24) is 0 Å². The lowest BCUT2D eigenvalue weighted by Gasteiger charge is -2.16. The van der Waals surface area contributed by atoms with Gasteiger partial charge in [-0.2, -0.15) is 0 Å². The maximum absolute atomic E-state index is 12.5. The number of benzene rings is 3. The molecule has 0 saturated carbocycles. The van der Waals surface area contributed by atoms with Crippen molar-refractivity contribution in [1.29, 1.82) is 0 Å². The highest BCUT2D eigenvalue weighted by atomic mass is 16.6. The molecule has 0 bridgehead atoms. The zero-order valence-electron chi connectivity index (χ0n) is 16.0. The third-order valence-corrected chi connectivity index (χ3v) is 4.30. The first kappa shape index (κ1) is 19.9. The Morgan fingerprint density at radius 1 is 1.00 bits per heavy atom. The van der Waals surface area contributed by atoms with Crippen molar-refractivity contribution in [3.8, 4) is 22.6 Å². The normalized spacial score (nSPS) is 11.4. The second-order valence-corrected chi connectivity index (χ2v) is 6.28. The van der Waals surface area contributed by atoms with Crippen LogP contribution in [0.25, 0.3) is 11.1 Å². The lowest BCUT2D eigenvalue weighted by atomic mass is 10.1. The van der Waals surface area contributed by atoms with Crippen LogP contribution in [0.15, 0.2) is 72.8 Å². The Balaban J connectivity index is 1.68. The first-order valence-corrected chi connectivity index (χ1v) is 8.93. The first-order chi connectivity index (χ1) is 14.0. The van der Waals surface area contributed by atoms with E-state index in [1.807, 2.05) is 42.5 Å². The van der Waals surface area contributed by atoms with Crippen LogP contribution < -0.4 is 14.8 Å². The fraction of sp³-hybridized carbons (Fsp3) is 0.136. The van der Waals surface area contributed by atoms with E-state index in [1.165, 1.54) is 25.3 Å². The van der Waals surface area contributed by atoms with E-state index in [2.05, 4.69) is 5.32 Å². The molecule has 0 saturated heterocycles. The molecule has 7 heteroatoms. The van der Waals surface area contributed by atoms with E-state index in [4.69, 9.17) is 9.47 Å². The summed E-state index contributed by atoms with van der Waals surface area (Å²) in [6, 6.07) is 21.3. The number of nitrogens with zero attached hydrogens (tertiary/aromatic N) is 1. The second-order valence-electron chi connectivity index (χ2n) is 6.28. The Labute approximate surface area is 168 Å². The molecule has 0 spiro atoms. The molecular weight excluding hydrogens is 372 g/mol. The highest BCUT2D eigenvalue weighted by molar-refractivity contribution is 5.95. The van der Waals surface area contributed by atoms with Crippen molar-refractivity contribution in [2.24, 2.45) is 0 Å². The molecule has 29 heavy (non-hydrogen) atoms. The highest BCUT2D eigenvalue weighted by Crippen LogP contribution is 2.29. The summed E-state index contributed by atoms with van der Waals surface area (Å²) in [5.41, 5.74) is 2.19. The standard InChI is InChI=1S/C22H20N2O5/c1-15(22(25)23-20-14-18(24(26)27)10-13-21(20)28-2)29-19-11-8-17(9-12-19)16-6-4-3-5-7-16/h3-15H,1-2H3,(H,23,25). The lowest BCUT2D eigenvalue weighted by molar-refractivity contribution is -0.384.